The molecule has 7 heteroatoms. The van der Waals surface area contributed by atoms with Crippen LogP contribution in [0, 0.1) is 5.92 Å². The lowest BCUT2D eigenvalue weighted by molar-refractivity contribution is -0.129. The molecule has 3 amide bonds. The Hall–Kier alpha value is -4.13. The van der Waals surface area contributed by atoms with Gasteiger partial charge in [0.05, 0.1) is 19.1 Å². The monoisotopic (exact) mass is 457 g/mol. The van der Waals surface area contributed by atoms with Crippen LogP contribution in [0.1, 0.15) is 35.3 Å². The second-order valence-electron chi connectivity index (χ2n) is 8.28. The Morgan fingerprint density at radius 1 is 0.912 bits per heavy atom. The van der Waals surface area contributed by atoms with Gasteiger partial charge in [0.15, 0.2) is 0 Å². The fourth-order valence-electron chi connectivity index (χ4n) is 4.02. The quantitative estimate of drug-likeness (QED) is 0.547. The van der Waals surface area contributed by atoms with Crippen LogP contribution in [-0.2, 0) is 9.59 Å². The van der Waals surface area contributed by atoms with Crippen LogP contribution in [0.25, 0.3) is 0 Å². The van der Waals surface area contributed by atoms with E-state index in [9.17, 15) is 14.4 Å². The molecule has 1 fully saturated rings. The molecule has 1 heterocycles. The molecule has 4 rings (SSSR count). The number of nitrogens with zero attached hydrogens (tertiary/aromatic N) is 1. The molecule has 0 aliphatic carbocycles. The molecule has 0 spiro atoms. The van der Waals surface area contributed by atoms with Gasteiger partial charge in [-0.1, -0.05) is 30.3 Å². The first kappa shape index (κ1) is 23.0. The molecule has 34 heavy (non-hydrogen) atoms. The van der Waals surface area contributed by atoms with Crippen molar-refractivity contribution in [2.24, 2.45) is 5.92 Å². The summed E-state index contributed by atoms with van der Waals surface area (Å²) in [5, 5.41) is 5.69. The van der Waals surface area contributed by atoms with E-state index in [1.165, 1.54) is 0 Å². The van der Waals surface area contributed by atoms with Gasteiger partial charge < -0.3 is 20.3 Å². The van der Waals surface area contributed by atoms with Gasteiger partial charge in [-0.15, -0.1) is 0 Å². The lowest BCUT2D eigenvalue weighted by Gasteiger charge is -2.25. The number of amides is 3. The number of hydrogen-bond donors (Lipinski definition) is 2. The van der Waals surface area contributed by atoms with Gasteiger partial charge in [-0.05, 0) is 61.0 Å². The van der Waals surface area contributed by atoms with E-state index in [4.69, 9.17) is 4.74 Å². The summed E-state index contributed by atoms with van der Waals surface area (Å²) in [6.45, 7) is 2.35. The third-order valence-corrected chi connectivity index (χ3v) is 6.04. The maximum Gasteiger partial charge on any atom is 0.255 e. The molecule has 2 N–H and O–H groups in total. The zero-order chi connectivity index (χ0) is 24.1. The molecule has 0 radical (unpaired) electrons. The van der Waals surface area contributed by atoms with Gasteiger partial charge in [0.25, 0.3) is 5.91 Å². The SMILES string of the molecule is COc1ccc(NC(=O)c2ccc(NC(=O)C3CC(=O)N(C(C)c4ccccc4)C3)cc2)cc1. The molecule has 2 atom stereocenters. The number of carbonyl (C=O) groups is 3. The Morgan fingerprint density at radius 3 is 2.18 bits per heavy atom. The summed E-state index contributed by atoms with van der Waals surface area (Å²) in [7, 11) is 1.58. The maximum atomic E-state index is 12.8. The van der Waals surface area contributed by atoms with Crippen molar-refractivity contribution in [2.45, 2.75) is 19.4 Å². The van der Waals surface area contributed by atoms with Crippen molar-refractivity contribution in [1.29, 1.82) is 0 Å². The Bertz CT molecular complexity index is 1160. The van der Waals surface area contributed by atoms with E-state index in [0.717, 1.165) is 5.56 Å². The van der Waals surface area contributed by atoms with Gasteiger partial charge >= 0.3 is 0 Å². The molecule has 0 bridgehead atoms. The topological polar surface area (TPSA) is 87.7 Å². The number of nitrogens with one attached hydrogen (secondary N) is 2. The third-order valence-electron chi connectivity index (χ3n) is 6.04. The smallest absolute Gasteiger partial charge is 0.255 e. The van der Waals surface area contributed by atoms with Crippen LogP contribution in [0.3, 0.4) is 0 Å². The zero-order valence-corrected chi connectivity index (χ0v) is 19.2. The van der Waals surface area contributed by atoms with Gasteiger partial charge in [0, 0.05) is 29.9 Å². The van der Waals surface area contributed by atoms with E-state index >= 15 is 0 Å². The van der Waals surface area contributed by atoms with Crippen LogP contribution in [0.4, 0.5) is 11.4 Å². The fraction of sp³-hybridized carbons (Fsp3) is 0.222. The zero-order valence-electron chi connectivity index (χ0n) is 19.2. The molecule has 0 saturated carbocycles. The van der Waals surface area contributed by atoms with Crippen molar-refractivity contribution in [3.63, 3.8) is 0 Å². The van der Waals surface area contributed by atoms with Gasteiger partial charge in [0.1, 0.15) is 5.75 Å². The van der Waals surface area contributed by atoms with E-state index in [2.05, 4.69) is 10.6 Å². The molecule has 3 aromatic carbocycles. The number of hydrogen-bond acceptors (Lipinski definition) is 4. The lowest BCUT2D eigenvalue weighted by atomic mass is 10.1. The van der Waals surface area contributed by atoms with Gasteiger partial charge in [0.2, 0.25) is 11.8 Å². The largest absolute Gasteiger partial charge is 0.497 e. The van der Waals surface area contributed by atoms with Crippen LogP contribution in [0.15, 0.2) is 78.9 Å². The summed E-state index contributed by atoms with van der Waals surface area (Å²) in [6.07, 6.45) is 0.186. The van der Waals surface area contributed by atoms with Gasteiger partial charge in [-0.2, -0.15) is 0 Å². The average Bonchev–Trinajstić information content (AvgIpc) is 3.26. The molecule has 174 valence electrons. The first-order valence-corrected chi connectivity index (χ1v) is 11.2. The van der Waals surface area contributed by atoms with Crippen molar-refractivity contribution in [3.8, 4) is 5.75 Å². The first-order valence-electron chi connectivity index (χ1n) is 11.2. The predicted molar refractivity (Wildman–Crippen MR) is 131 cm³/mol. The van der Waals surface area contributed by atoms with E-state index in [1.54, 1.807) is 60.5 Å². The van der Waals surface area contributed by atoms with E-state index in [0.29, 0.717) is 29.2 Å². The van der Waals surface area contributed by atoms with Crippen molar-refractivity contribution < 1.29 is 19.1 Å². The maximum absolute atomic E-state index is 12.8. The van der Waals surface area contributed by atoms with Gasteiger partial charge in [-0.3, -0.25) is 14.4 Å². The highest BCUT2D eigenvalue weighted by molar-refractivity contribution is 6.05. The van der Waals surface area contributed by atoms with E-state index in [-0.39, 0.29) is 30.2 Å². The molecule has 3 aromatic rings. The summed E-state index contributed by atoms with van der Waals surface area (Å²) in [5.74, 6) is -0.194. The molecule has 2 unspecified atom stereocenters. The number of likely N-dealkylation sites (tertiary alicyclic amines) is 1. The van der Waals surface area contributed by atoms with E-state index < -0.39 is 5.92 Å². The Labute approximate surface area is 198 Å². The standard InChI is InChI=1S/C27H27N3O4/c1-18(19-6-4-3-5-7-19)30-17-21(16-25(30)31)27(33)29-22-10-8-20(9-11-22)26(32)28-23-12-14-24(34-2)15-13-23/h3-15,18,21H,16-17H2,1-2H3,(H,28,32)(H,29,33). The van der Waals surface area contributed by atoms with Gasteiger partial charge in [-0.25, -0.2) is 0 Å². The normalized spacial score (nSPS) is 16.1. The lowest BCUT2D eigenvalue weighted by Crippen LogP contribution is -2.30. The summed E-state index contributed by atoms with van der Waals surface area (Å²) in [4.78, 5) is 39.6. The first-order chi connectivity index (χ1) is 16.4. The Kier molecular flexibility index (Phi) is 6.92. The van der Waals surface area contributed by atoms with Crippen LogP contribution in [-0.4, -0.2) is 36.3 Å². The van der Waals surface area contributed by atoms with E-state index in [1.807, 2.05) is 37.3 Å². The number of anilines is 2. The predicted octanol–water partition coefficient (Wildman–Crippen LogP) is 4.50. The molecule has 7 nitrogen and oxygen atoms in total. The Balaban J connectivity index is 1.33. The minimum atomic E-state index is -0.420. The highest BCUT2D eigenvalue weighted by Crippen LogP contribution is 2.29. The minimum absolute atomic E-state index is 0.0259. The summed E-state index contributed by atoms with van der Waals surface area (Å²) in [6, 6.07) is 23.4. The average molecular weight is 458 g/mol. The summed E-state index contributed by atoms with van der Waals surface area (Å²) >= 11 is 0. The summed E-state index contributed by atoms with van der Waals surface area (Å²) in [5.41, 5.74) is 2.74. The molecule has 1 aliphatic rings. The van der Waals surface area contributed by atoms with Crippen LogP contribution in [0.5, 0.6) is 5.75 Å². The van der Waals surface area contributed by atoms with Crippen LogP contribution in [0.2, 0.25) is 0 Å². The number of carbonyl (C=O) groups excluding carboxylic acids is 3. The van der Waals surface area contributed by atoms with Crippen LogP contribution < -0.4 is 15.4 Å². The second kappa shape index (κ2) is 10.2. The van der Waals surface area contributed by atoms with Crippen molar-refractivity contribution in [3.05, 3.63) is 90.0 Å². The number of methoxy groups -OCH3 is 1. The van der Waals surface area contributed by atoms with Crippen LogP contribution >= 0.6 is 0 Å². The fourth-order valence-corrected chi connectivity index (χ4v) is 4.02. The number of benzene rings is 3. The highest BCUT2D eigenvalue weighted by Gasteiger charge is 2.37. The molecular weight excluding hydrogens is 430 g/mol. The van der Waals surface area contributed by atoms with Crippen molar-refractivity contribution >= 4 is 29.1 Å². The van der Waals surface area contributed by atoms with Crippen molar-refractivity contribution in [1.82, 2.24) is 4.90 Å². The summed E-state index contributed by atoms with van der Waals surface area (Å²) < 4.78 is 5.12. The Morgan fingerprint density at radius 2 is 1.53 bits per heavy atom. The molecule has 0 aromatic heterocycles. The third kappa shape index (κ3) is 5.26. The minimum Gasteiger partial charge on any atom is -0.497 e. The highest BCUT2D eigenvalue weighted by atomic mass is 16.5. The molecule has 1 aliphatic heterocycles. The number of ether oxygens (including phenoxy) is 1. The number of rotatable bonds is 7. The molecular formula is C27H27N3O4. The van der Waals surface area contributed by atoms with Crippen molar-refractivity contribution in [2.75, 3.05) is 24.3 Å². The second-order valence-corrected chi connectivity index (χ2v) is 8.28. The molecule has 1 saturated heterocycles.